The fraction of sp³-hybridized carbons (Fsp3) is 0.929. The van der Waals surface area contributed by atoms with Gasteiger partial charge in [-0.3, -0.25) is 9.35 Å². The van der Waals surface area contributed by atoms with Crippen molar-refractivity contribution in [2.24, 2.45) is 0 Å². The van der Waals surface area contributed by atoms with Crippen LogP contribution in [0.5, 0.6) is 0 Å². The smallest absolute Gasteiger partial charge is 0.394 e. The van der Waals surface area contributed by atoms with Crippen molar-refractivity contribution >= 4 is 16.3 Å². The summed E-state index contributed by atoms with van der Waals surface area (Å²) in [5.74, 6) is -0.627. The molecular weight excluding hydrogens is 438 g/mol. The van der Waals surface area contributed by atoms with Gasteiger partial charge in [0.15, 0.2) is 12.6 Å². The van der Waals surface area contributed by atoms with Crippen LogP contribution >= 0.6 is 0 Å². The first kappa shape index (κ1) is 25.2. The molecule has 0 bridgehead atoms. The van der Waals surface area contributed by atoms with E-state index in [1.807, 2.05) is 0 Å². The van der Waals surface area contributed by atoms with Gasteiger partial charge in [-0.15, -0.1) is 0 Å². The molecule has 2 saturated heterocycles. The van der Waals surface area contributed by atoms with Crippen LogP contribution in [0.25, 0.3) is 0 Å². The van der Waals surface area contributed by atoms with Gasteiger partial charge in [-0.2, -0.15) is 8.42 Å². The predicted molar refractivity (Wildman–Crippen MR) is 90.6 cm³/mol. The third-order valence-corrected chi connectivity index (χ3v) is 5.02. The van der Waals surface area contributed by atoms with Crippen molar-refractivity contribution in [1.29, 1.82) is 0 Å². The van der Waals surface area contributed by atoms with Gasteiger partial charge in [0.1, 0.15) is 48.8 Å². The Hall–Kier alpha value is -1.02. The van der Waals surface area contributed by atoms with Gasteiger partial charge in [0, 0.05) is 6.92 Å². The number of hydrogen-bond acceptors (Lipinski definition) is 13. The van der Waals surface area contributed by atoms with E-state index in [2.05, 4.69) is 9.50 Å². The molecule has 2 aliphatic heterocycles. The maximum atomic E-state index is 11.3. The van der Waals surface area contributed by atoms with E-state index in [1.165, 1.54) is 0 Å². The minimum absolute atomic E-state index is 0.627. The molecule has 30 heavy (non-hydrogen) atoms. The molecule has 8 N–H and O–H groups in total. The summed E-state index contributed by atoms with van der Waals surface area (Å²) in [6.45, 7) is -0.613. The fourth-order valence-corrected chi connectivity index (χ4v) is 3.42. The molecular formula is C14H25NO14S. The number of aliphatic hydroxyl groups is 6. The highest BCUT2D eigenvalue weighted by molar-refractivity contribution is 7.80. The summed E-state index contributed by atoms with van der Waals surface area (Å²) in [5, 5.41) is 62.1. The summed E-state index contributed by atoms with van der Waals surface area (Å²) in [4.78, 5) is 11.3. The molecule has 176 valence electrons. The van der Waals surface area contributed by atoms with Crippen molar-refractivity contribution in [2.75, 3.05) is 13.2 Å². The molecule has 0 aromatic carbocycles. The Morgan fingerprint density at radius 3 is 2.17 bits per heavy atom. The quantitative estimate of drug-likeness (QED) is 0.164. The molecule has 10 atom stereocenters. The number of amides is 1. The molecule has 16 heteroatoms. The van der Waals surface area contributed by atoms with Crippen LogP contribution in [0.1, 0.15) is 6.92 Å². The van der Waals surface area contributed by atoms with E-state index in [0.717, 1.165) is 6.92 Å². The molecule has 2 heterocycles. The number of aliphatic hydroxyl groups excluding tert-OH is 6. The van der Waals surface area contributed by atoms with Gasteiger partial charge in [0.25, 0.3) is 0 Å². The standard InChI is InChI=1S/C14H25NO14S/c1-4(17)15-7-9(19)12(5(2-16)27-13(7)22)29-14-11(21)10(20)8(18)6(28-14)3-26-30(23,24)25/h5-14,16,18-22H,2-3H2,1H3,(H,15,17)(H,23,24,25)/t5-,6-,7-,8+,9-,10+,11-,12-,13+,14+/m1/s1. The zero-order chi connectivity index (χ0) is 22.8. The Kier molecular flexibility index (Phi) is 8.47. The molecule has 15 nitrogen and oxygen atoms in total. The van der Waals surface area contributed by atoms with Crippen LogP contribution in [0.15, 0.2) is 0 Å². The van der Waals surface area contributed by atoms with Crippen LogP contribution in [-0.4, -0.2) is 124 Å². The Balaban J connectivity index is 2.17. The van der Waals surface area contributed by atoms with E-state index >= 15 is 0 Å². The van der Waals surface area contributed by atoms with Crippen LogP contribution in [-0.2, 0) is 33.6 Å². The third-order valence-electron chi connectivity index (χ3n) is 4.58. The highest BCUT2D eigenvalue weighted by Crippen LogP contribution is 2.29. The van der Waals surface area contributed by atoms with Crippen LogP contribution in [0.3, 0.4) is 0 Å². The number of rotatable bonds is 7. The lowest BCUT2D eigenvalue weighted by Crippen LogP contribution is -2.67. The monoisotopic (exact) mass is 463 g/mol. The zero-order valence-corrected chi connectivity index (χ0v) is 16.4. The maximum Gasteiger partial charge on any atom is 0.397 e. The summed E-state index contributed by atoms with van der Waals surface area (Å²) < 4.78 is 49.9. The highest BCUT2D eigenvalue weighted by Gasteiger charge is 2.50. The average molecular weight is 463 g/mol. The van der Waals surface area contributed by atoms with Crippen LogP contribution in [0.4, 0.5) is 0 Å². The third kappa shape index (κ3) is 6.02. The van der Waals surface area contributed by atoms with Crippen molar-refractivity contribution in [2.45, 2.75) is 68.3 Å². The van der Waals surface area contributed by atoms with Gasteiger partial charge in [-0.25, -0.2) is 4.18 Å². The lowest BCUT2D eigenvalue weighted by molar-refractivity contribution is -0.344. The minimum Gasteiger partial charge on any atom is -0.394 e. The van der Waals surface area contributed by atoms with Gasteiger partial charge < -0.3 is 50.2 Å². The zero-order valence-electron chi connectivity index (χ0n) is 15.6. The fourth-order valence-electron chi connectivity index (χ4n) is 3.12. The number of carbonyl (C=O) groups is 1. The van der Waals surface area contributed by atoms with Gasteiger partial charge in [0.2, 0.25) is 5.91 Å². The van der Waals surface area contributed by atoms with Crippen molar-refractivity contribution in [3.8, 4) is 0 Å². The number of ether oxygens (including phenoxy) is 3. The number of hydrogen-bond donors (Lipinski definition) is 8. The SMILES string of the molecule is CC(=O)N[C@@H]1[C@@H](O)[C@H](O[C@@H]2O[C@H](COS(=O)(=O)O)[C@H](O)[C@H](O)[C@H]2O)[C@@H](CO)O[C@@H]1O. The first-order valence-electron chi connectivity index (χ1n) is 8.72. The molecule has 2 aliphatic rings. The summed E-state index contributed by atoms with van der Waals surface area (Å²) in [5.41, 5.74) is 0. The molecule has 0 saturated carbocycles. The second-order valence-corrected chi connectivity index (χ2v) is 7.88. The Bertz CT molecular complexity index is 690. The van der Waals surface area contributed by atoms with E-state index < -0.39 is 90.9 Å². The summed E-state index contributed by atoms with van der Waals surface area (Å²) >= 11 is 0. The van der Waals surface area contributed by atoms with Crippen molar-refractivity contribution in [1.82, 2.24) is 5.32 Å². The first-order chi connectivity index (χ1) is 13.9. The van der Waals surface area contributed by atoms with Gasteiger partial charge in [-0.05, 0) is 0 Å². The molecule has 0 unspecified atom stereocenters. The average Bonchev–Trinajstić information content (AvgIpc) is 2.65. The Labute approximate surface area is 170 Å². The van der Waals surface area contributed by atoms with Crippen LogP contribution < -0.4 is 5.32 Å². The summed E-state index contributed by atoms with van der Waals surface area (Å²) in [7, 11) is -4.91. The lowest BCUT2D eigenvalue weighted by Gasteiger charge is -2.46. The molecule has 0 spiro atoms. The largest absolute Gasteiger partial charge is 0.397 e. The number of nitrogens with one attached hydrogen (secondary N) is 1. The van der Waals surface area contributed by atoms with E-state index in [9.17, 15) is 43.9 Å². The Morgan fingerprint density at radius 2 is 1.63 bits per heavy atom. The van der Waals surface area contributed by atoms with Gasteiger partial charge in [-0.1, -0.05) is 0 Å². The summed E-state index contributed by atoms with van der Waals surface area (Å²) in [6.07, 6.45) is -15.3. The first-order valence-corrected chi connectivity index (χ1v) is 10.1. The van der Waals surface area contributed by atoms with Crippen LogP contribution in [0.2, 0.25) is 0 Å². The molecule has 0 aromatic rings. The second kappa shape index (κ2) is 10.1. The number of carbonyl (C=O) groups excluding carboxylic acids is 1. The molecule has 2 rings (SSSR count). The minimum atomic E-state index is -4.91. The highest BCUT2D eigenvalue weighted by atomic mass is 32.3. The lowest BCUT2D eigenvalue weighted by atomic mass is 9.95. The molecule has 0 aliphatic carbocycles. The van der Waals surface area contributed by atoms with Gasteiger partial charge >= 0.3 is 10.4 Å². The summed E-state index contributed by atoms with van der Waals surface area (Å²) in [6, 6.07) is -1.38. The molecule has 1 amide bonds. The normalized spacial score (nSPS) is 42.7. The predicted octanol–water partition coefficient (Wildman–Crippen LogP) is -5.43. The van der Waals surface area contributed by atoms with Gasteiger partial charge in [0.05, 0.1) is 13.2 Å². The van der Waals surface area contributed by atoms with Crippen molar-refractivity contribution in [3.05, 3.63) is 0 Å². The van der Waals surface area contributed by atoms with E-state index in [4.69, 9.17) is 18.8 Å². The molecule has 2 fully saturated rings. The van der Waals surface area contributed by atoms with Crippen LogP contribution in [0, 0.1) is 0 Å². The topological polar surface area (TPSA) is 242 Å². The van der Waals surface area contributed by atoms with E-state index in [0.29, 0.717) is 0 Å². The van der Waals surface area contributed by atoms with E-state index in [-0.39, 0.29) is 0 Å². The molecule has 0 aromatic heterocycles. The second-order valence-electron chi connectivity index (χ2n) is 6.79. The van der Waals surface area contributed by atoms with Crippen molar-refractivity contribution in [3.63, 3.8) is 0 Å². The maximum absolute atomic E-state index is 11.3. The Morgan fingerprint density at radius 1 is 1.00 bits per heavy atom. The molecule has 0 radical (unpaired) electrons. The van der Waals surface area contributed by atoms with E-state index in [1.54, 1.807) is 0 Å². The van der Waals surface area contributed by atoms with Crippen molar-refractivity contribution < 1.29 is 66.8 Å².